The number of nitrogens with one attached hydrogen (secondary N) is 1. The fraction of sp³-hybridized carbons (Fsp3) is 0.375. The van der Waals surface area contributed by atoms with Crippen molar-refractivity contribution in [3.05, 3.63) is 47.0 Å². The first kappa shape index (κ1) is 14.3. The average Bonchev–Trinajstić information content (AvgIpc) is 2.98. The van der Waals surface area contributed by atoms with E-state index in [1.807, 2.05) is 12.1 Å². The summed E-state index contributed by atoms with van der Waals surface area (Å²) in [6.07, 6.45) is 3.87. The van der Waals surface area contributed by atoms with Crippen LogP contribution in [0.1, 0.15) is 30.7 Å². The molecule has 0 aromatic heterocycles. The van der Waals surface area contributed by atoms with Crippen LogP contribution in [0.15, 0.2) is 41.4 Å². The van der Waals surface area contributed by atoms with Gasteiger partial charge in [-0.3, -0.25) is 9.69 Å². The number of hydrogen-bond acceptors (Lipinski definition) is 2. The quantitative estimate of drug-likeness (QED) is 0.673. The Morgan fingerprint density at radius 2 is 2.10 bits per heavy atom. The van der Waals surface area contributed by atoms with Gasteiger partial charge in [0.15, 0.2) is 0 Å². The molecule has 1 aromatic rings. The van der Waals surface area contributed by atoms with Gasteiger partial charge >= 0.3 is 6.03 Å². The lowest BCUT2D eigenvalue weighted by Gasteiger charge is -2.21. The molecule has 1 aliphatic carbocycles. The van der Waals surface area contributed by atoms with E-state index in [2.05, 4.69) is 40.0 Å². The molecule has 1 aromatic carbocycles. The molecule has 0 unspecified atom stereocenters. The topological polar surface area (TPSA) is 49.4 Å². The molecule has 1 saturated heterocycles. The molecule has 0 bridgehead atoms. The van der Waals surface area contributed by atoms with Crippen molar-refractivity contribution < 1.29 is 9.59 Å². The average molecular weight is 349 g/mol. The summed E-state index contributed by atoms with van der Waals surface area (Å²) < 4.78 is 1.04. The summed E-state index contributed by atoms with van der Waals surface area (Å²) in [5, 5.41) is 2.91. The fourth-order valence-corrected chi connectivity index (χ4v) is 3.61. The number of amides is 3. The highest BCUT2D eigenvalue weighted by atomic mass is 79.9. The van der Waals surface area contributed by atoms with Crippen LogP contribution >= 0.6 is 15.9 Å². The van der Waals surface area contributed by atoms with Crippen LogP contribution < -0.4 is 5.32 Å². The van der Waals surface area contributed by atoms with Crippen molar-refractivity contribution in [2.75, 3.05) is 6.54 Å². The first-order valence-corrected chi connectivity index (χ1v) is 7.85. The van der Waals surface area contributed by atoms with E-state index in [-0.39, 0.29) is 18.5 Å². The van der Waals surface area contributed by atoms with Crippen molar-refractivity contribution in [3.8, 4) is 0 Å². The van der Waals surface area contributed by atoms with Crippen molar-refractivity contribution in [2.45, 2.75) is 30.7 Å². The minimum atomic E-state index is -0.710. The smallest absolute Gasteiger partial charge is 0.323 e. The number of urea groups is 1. The van der Waals surface area contributed by atoms with Gasteiger partial charge in [0.1, 0.15) is 5.54 Å². The SMILES string of the molecule is C=CCN1C(=O)N[C@@]2(CC[C@H](c3ccc(Br)cc3)C2)C1=O. The number of hydrogen-bond donors (Lipinski definition) is 1. The summed E-state index contributed by atoms with van der Waals surface area (Å²) in [5.41, 5.74) is 0.511. The number of carbonyl (C=O) groups excluding carboxylic acids is 2. The normalized spacial score (nSPS) is 28.2. The third-order valence-corrected chi connectivity index (χ3v) is 4.94. The predicted molar refractivity (Wildman–Crippen MR) is 83.9 cm³/mol. The van der Waals surface area contributed by atoms with Crippen molar-refractivity contribution in [1.29, 1.82) is 0 Å². The van der Waals surface area contributed by atoms with Gasteiger partial charge < -0.3 is 5.32 Å². The molecule has 5 heteroatoms. The minimum Gasteiger partial charge on any atom is -0.323 e. The van der Waals surface area contributed by atoms with Crippen LogP contribution in [0.5, 0.6) is 0 Å². The summed E-state index contributed by atoms with van der Waals surface area (Å²) in [6.45, 7) is 3.87. The lowest BCUT2D eigenvalue weighted by atomic mass is 9.92. The second kappa shape index (κ2) is 5.30. The molecule has 3 amide bonds. The lowest BCUT2D eigenvalue weighted by Crippen LogP contribution is -2.44. The highest BCUT2D eigenvalue weighted by Crippen LogP contribution is 2.44. The highest BCUT2D eigenvalue weighted by Gasteiger charge is 2.54. The molecular formula is C16H17BrN2O2. The number of rotatable bonds is 3. The lowest BCUT2D eigenvalue weighted by molar-refractivity contribution is -0.130. The molecule has 2 atom stereocenters. The summed E-state index contributed by atoms with van der Waals surface area (Å²) in [4.78, 5) is 25.8. The van der Waals surface area contributed by atoms with Gasteiger partial charge in [-0.25, -0.2) is 4.79 Å². The van der Waals surface area contributed by atoms with Crippen LogP contribution in [0.3, 0.4) is 0 Å². The van der Waals surface area contributed by atoms with Crippen LogP contribution in [0, 0.1) is 0 Å². The molecule has 1 spiro atoms. The standard InChI is InChI=1S/C16H17BrN2O2/c1-2-9-19-14(20)16(18-15(19)21)8-7-12(10-16)11-3-5-13(17)6-4-11/h2-6,12H,1,7-10H2,(H,18,21)/t12-,16+/m0/s1. The van der Waals surface area contributed by atoms with Gasteiger partial charge in [0.2, 0.25) is 0 Å². The van der Waals surface area contributed by atoms with Crippen molar-refractivity contribution in [3.63, 3.8) is 0 Å². The largest absolute Gasteiger partial charge is 0.325 e. The van der Waals surface area contributed by atoms with Crippen molar-refractivity contribution in [2.24, 2.45) is 0 Å². The van der Waals surface area contributed by atoms with Gasteiger partial charge in [-0.05, 0) is 42.9 Å². The van der Waals surface area contributed by atoms with Gasteiger partial charge in [0.25, 0.3) is 5.91 Å². The molecule has 21 heavy (non-hydrogen) atoms. The molecule has 110 valence electrons. The maximum absolute atomic E-state index is 12.5. The van der Waals surface area contributed by atoms with Gasteiger partial charge in [-0.2, -0.15) is 0 Å². The molecule has 0 radical (unpaired) electrons. The molecular weight excluding hydrogens is 332 g/mol. The molecule has 4 nitrogen and oxygen atoms in total. The Labute approximate surface area is 132 Å². The van der Waals surface area contributed by atoms with Crippen molar-refractivity contribution >= 4 is 27.9 Å². The molecule has 1 heterocycles. The van der Waals surface area contributed by atoms with Crippen LogP contribution in [0.2, 0.25) is 0 Å². The number of halogens is 1. The summed E-state index contributed by atoms with van der Waals surface area (Å²) in [7, 11) is 0. The fourth-order valence-electron chi connectivity index (χ4n) is 3.34. The maximum Gasteiger partial charge on any atom is 0.325 e. The first-order valence-electron chi connectivity index (χ1n) is 7.06. The zero-order chi connectivity index (χ0) is 15.0. The van der Waals surface area contributed by atoms with E-state index in [0.717, 1.165) is 10.9 Å². The number of benzene rings is 1. The maximum atomic E-state index is 12.5. The van der Waals surface area contributed by atoms with Crippen LogP contribution in [-0.2, 0) is 4.79 Å². The summed E-state index contributed by atoms with van der Waals surface area (Å²) in [5.74, 6) is 0.207. The molecule has 1 aliphatic heterocycles. The number of carbonyl (C=O) groups is 2. The summed E-state index contributed by atoms with van der Waals surface area (Å²) in [6, 6.07) is 7.89. The Balaban J connectivity index is 1.80. The molecule has 3 rings (SSSR count). The van der Waals surface area contributed by atoms with Gasteiger partial charge in [0, 0.05) is 11.0 Å². The number of nitrogens with zero attached hydrogens (tertiary/aromatic N) is 1. The van der Waals surface area contributed by atoms with E-state index in [1.54, 1.807) is 6.08 Å². The van der Waals surface area contributed by atoms with Gasteiger partial charge in [-0.15, -0.1) is 6.58 Å². The van der Waals surface area contributed by atoms with E-state index in [0.29, 0.717) is 18.8 Å². The monoisotopic (exact) mass is 348 g/mol. The zero-order valence-electron chi connectivity index (χ0n) is 11.6. The minimum absolute atomic E-state index is 0.105. The Bertz CT molecular complexity index is 599. The van der Waals surface area contributed by atoms with E-state index in [4.69, 9.17) is 0 Å². The zero-order valence-corrected chi connectivity index (χ0v) is 13.2. The number of imide groups is 1. The van der Waals surface area contributed by atoms with Crippen LogP contribution in [0.25, 0.3) is 0 Å². The molecule has 2 fully saturated rings. The Morgan fingerprint density at radius 1 is 1.38 bits per heavy atom. The Morgan fingerprint density at radius 3 is 2.76 bits per heavy atom. The Hall–Kier alpha value is -1.62. The van der Waals surface area contributed by atoms with E-state index in [9.17, 15) is 9.59 Å². The second-order valence-electron chi connectivity index (χ2n) is 5.71. The van der Waals surface area contributed by atoms with E-state index >= 15 is 0 Å². The Kier molecular flexibility index (Phi) is 3.61. The molecule has 2 aliphatic rings. The third-order valence-electron chi connectivity index (χ3n) is 4.41. The predicted octanol–water partition coefficient (Wildman–Crippen LogP) is 3.19. The van der Waals surface area contributed by atoms with Gasteiger partial charge in [-0.1, -0.05) is 34.1 Å². The second-order valence-corrected chi connectivity index (χ2v) is 6.62. The summed E-state index contributed by atoms with van der Waals surface area (Å²) >= 11 is 3.43. The van der Waals surface area contributed by atoms with Gasteiger partial charge in [0.05, 0.1) is 0 Å². The van der Waals surface area contributed by atoms with Crippen LogP contribution in [0.4, 0.5) is 4.79 Å². The highest BCUT2D eigenvalue weighted by molar-refractivity contribution is 9.10. The van der Waals surface area contributed by atoms with Crippen LogP contribution in [-0.4, -0.2) is 28.9 Å². The van der Waals surface area contributed by atoms with E-state index in [1.165, 1.54) is 10.5 Å². The van der Waals surface area contributed by atoms with E-state index < -0.39 is 5.54 Å². The molecule has 1 saturated carbocycles. The molecule has 1 N–H and O–H groups in total. The first-order chi connectivity index (χ1) is 10.1. The third kappa shape index (κ3) is 2.39. The van der Waals surface area contributed by atoms with Crippen molar-refractivity contribution in [1.82, 2.24) is 10.2 Å².